The standard InChI is InChI=1S/C28H37N5/c1-6-8-12-23(13-11-17-29)27-28(31-26-15-10-9-14-25(26)30-27)32-19-16-24(20-32)33(18-7-2)22(5)21(3)4/h8-10,12-15,21,24H,5-7,11,16,18-20H2,1-4H3/b12-8-,23-13+/t24-/m0/s1. The van der Waals surface area contributed by atoms with Gasteiger partial charge in [-0.2, -0.15) is 5.26 Å². The van der Waals surface area contributed by atoms with Crippen molar-refractivity contribution in [1.82, 2.24) is 14.9 Å². The van der Waals surface area contributed by atoms with Crippen LogP contribution < -0.4 is 4.90 Å². The molecule has 5 heteroatoms. The van der Waals surface area contributed by atoms with E-state index < -0.39 is 0 Å². The van der Waals surface area contributed by atoms with Crippen LogP contribution in [0.4, 0.5) is 5.82 Å². The summed E-state index contributed by atoms with van der Waals surface area (Å²) >= 11 is 0. The van der Waals surface area contributed by atoms with E-state index in [1.54, 1.807) is 0 Å². The number of hydrogen-bond donors (Lipinski definition) is 0. The van der Waals surface area contributed by atoms with E-state index in [-0.39, 0.29) is 0 Å². The van der Waals surface area contributed by atoms with E-state index >= 15 is 0 Å². The number of nitriles is 1. The Morgan fingerprint density at radius 2 is 2.00 bits per heavy atom. The highest BCUT2D eigenvalue weighted by molar-refractivity contribution is 5.85. The van der Waals surface area contributed by atoms with Crippen molar-refractivity contribution in [3.8, 4) is 6.07 Å². The van der Waals surface area contributed by atoms with Gasteiger partial charge in [-0.25, -0.2) is 9.97 Å². The maximum atomic E-state index is 9.20. The first kappa shape index (κ1) is 24.5. The summed E-state index contributed by atoms with van der Waals surface area (Å²) in [5, 5.41) is 9.20. The summed E-state index contributed by atoms with van der Waals surface area (Å²) in [6, 6.07) is 10.7. The second-order valence-electron chi connectivity index (χ2n) is 8.94. The lowest BCUT2D eigenvalue weighted by Crippen LogP contribution is -2.38. The molecule has 5 nitrogen and oxygen atoms in total. The maximum Gasteiger partial charge on any atom is 0.156 e. The van der Waals surface area contributed by atoms with E-state index in [4.69, 9.17) is 9.97 Å². The lowest BCUT2D eigenvalue weighted by Gasteiger charge is -2.34. The molecule has 2 heterocycles. The topological polar surface area (TPSA) is 56.1 Å². The summed E-state index contributed by atoms with van der Waals surface area (Å²) in [6.45, 7) is 16.0. The van der Waals surface area contributed by atoms with Gasteiger partial charge in [-0.15, -0.1) is 0 Å². The van der Waals surface area contributed by atoms with Crippen LogP contribution in [0.5, 0.6) is 0 Å². The molecular weight excluding hydrogens is 406 g/mol. The highest BCUT2D eigenvalue weighted by Gasteiger charge is 2.31. The van der Waals surface area contributed by atoms with Crippen molar-refractivity contribution in [2.45, 2.75) is 59.4 Å². The van der Waals surface area contributed by atoms with E-state index in [9.17, 15) is 5.26 Å². The van der Waals surface area contributed by atoms with Crippen LogP contribution in [-0.4, -0.2) is 40.5 Å². The Labute approximate surface area is 199 Å². The molecular formula is C28H37N5. The Balaban J connectivity index is 2.03. The third-order valence-corrected chi connectivity index (χ3v) is 6.18. The van der Waals surface area contributed by atoms with Gasteiger partial charge in [-0.3, -0.25) is 0 Å². The smallest absolute Gasteiger partial charge is 0.156 e. The maximum absolute atomic E-state index is 9.20. The monoisotopic (exact) mass is 443 g/mol. The summed E-state index contributed by atoms with van der Waals surface area (Å²) in [6.07, 6.45) is 9.61. The quantitative estimate of drug-likeness (QED) is 0.400. The summed E-state index contributed by atoms with van der Waals surface area (Å²) in [5.74, 6) is 1.34. The fraction of sp³-hybridized carbons (Fsp3) is 0.464. The Hall–Kier alpha value is -3.13. The Kier molecular flexibility index (Phi) is 8.65. The second kappa shape index (κ2) is 11.7. The van der Waals surface area contributed by atoms with Crippen molar-refractivity contribution in [3.05, 3.63) is 60.5 Å². The average molecular weight is 444 g/mol. The highest BCUT2D eigenvalue weighted by atomic mass is 15.3. The molecule has 0 saturated carbocycles. The third kappa shape index (κ3) is 5.82. The SMILES string of the molecule is C=C(C(C)C)N(CCC)[C@H]1CCN(c2nc3ccccc3nc2C(/C=C\CC)=C/CC#N)C1. The zero-order valence-electron chi connectivity index (χ0n) is 20.6. The van der Waals surface area contributed by atoms with E-state index in [0.717, 1.165) is 67.0 Å². The molecule has 0 unspecified atom stereocenters. The number of benzene rings is 1. The van der Waals surface area contributed by atoms with Crippen molar-refractivity contribution in [2.24, 2.45) is 5.92 Å². The molecule has 0 radical (unpaired) electrons. The molecule has 3 rings (SSSR count). The summed E-state index contributed by atoms with van der Waals surface area (Å²) in [7, 11) is 0. The zero-order chi connectivity index (χ0) is 23.8. The summed E-state index contributed by atoms with van der Waals surface area (Å²) in [4.78, 5) is 15.0. The molecule has 0 aliphatic carbocycles. The third-order valence-electron chi connectivity index (χ3n) is 6.18. The summed E-state index contributed by atoms with van der Waals surface area (Å²) in [5.41, 5.74) is 4.82. The fourth-order valence-electron chi connectivity index (χ4n) is 4.37. The summed E-state index contributed by atoms with van der Waals surface area (Å²) < 4.78 is 0. The molecule has 0 bridgehead atoms. The molecule has 1 saturated heterocycles. The first-order valence-corrected chi connectivity index (χ1v) is 12.2. The van der Waals surface area contributed by atoms with Crippen LogP contribution in [0.25, 0.3) is 16.6 Å². The van der Waals surface area contributed by atoms with E-state index in [1.807, 2.05) is 30.3 Å². The normalized spacial score (nSPS) is 16.7. The first-order chi connectivity index (χ1) is 16.0. The number of hydrogen-bond acceptors (Lipinski definition) is 5. The van der Waals surface area contributed by atoms with Crippen LogP contribution in [-0.2, 0) is 0 Å². The van der Waals surface area contributed by atoms with Crippen molar-refractivity contribution in [3.63, 3.8) is 0 Å². The van der Waals surface area contributed by atoms with Gasteiger partial charge in [0, 0.05) is 36.9 Å². The molecule has 1 atom stereocenters. The molecule has 1 aromatic heterocycles. The van der Waals surface area contributed by atoms with Crippen LogP contribution in [0.15, 0.2) is 54.8 Å². The van der Waals surface area contributed by atoms with Crippen LogP contribution in [0, 0.1) is 17.2 Å². The molecule has 1 aromatic carbocycles. The van der Waals surface area contributed by atoms with Gasteiger partial charge in [-0.1, -0.05) is 64.6 Å². The van der Waals surface area contributed by atoms with E-state index in [1.165, 1.54) is 5.70 Å². The van der Waals surface area contributed by atoms with E-state index in [2.05, 4.69) is 62.3 Å². The number of fused-ring (bicyclic) bond motifs is 1. The van der Waals surface area contributed by atoms with Crippen molar-refractivity contribution in [2.75, 3.05) is 24.5 Å². The van der Waals surface area contributed by atoms with Crippen LogP contribution in [0.1, 0.15) is 59.1 Å². The Bertz CT molecular complexity index is 1060. The number of nitrogens with zero attached hydrogens (tertiary/aromatic N) is 5. The fourth-order valence-corrected chi connectivity index (χ4v) is 4.37. The molecule has 1 aliphatic heterocycles. The molecule has 1 fully saturated rings. The molecule has 0 N–H and O–H groups in total. The molecule has 0 amide bonds. The van der Waals surface area contributed by atoms with Gasteiger partial charge in [-0.05, 0) is 37.3 Å². The number of para-hydroxylation sites is 2. The van der Waals surface area contributed by atoms with Gasteiger partial charge in [0.05, 0.1) is 23.5 Å². The van der Waals surface area contributed by atoms with Crippen molar-refractivity contribution in [1.29, 1.82) is 5.26 Å². The van der Waals surface area contributed by atoms with Crippen LogP contribution >= 0.6 is 0 Å². The number of rotatable bonds is 10. The van der Waals surface area contributed by atoms with Crippen molar-refractivity contribution < 1.29 is 0 Å². The minimum absolute atomic E-state index is 0.346. The van der Waals surface area contributed by atoms with Gasteiger partial charge in [0.2, 0.25) is 0 Å². The Morgan fingerprint density at radius 3 is 2.64 bits per heavy atom. The lowest BCUT2D eigenvalue weighted by molar-refractivity contribution is 0.247. The van der Waals surface area contributed by atoms with Gasteiger partial charge >= 0.3 is 0 Å². The molecule has 2 aromatic rings. The van der Waals surface area contributed by atoms with Gasteiger partial charge in [0.25, 0.3) is 0 Å². The van der Waals surface area contributed by atoms with Gasteiger partial charge in [0.15, 0.2) is 5.82 Å². The van der Waals surface area contributed by atoms with Gasteiger partial charge < -0.3 is 9.80 Å². The average Bonchev–Trinajstić information content (AvgIpc) is 3.31. The van der Waals surface area contributed by atoms with Crippen LogP contribution in [0.3, 0.4) is 0 Å². The van der Waals surface area contributed by atoms with Crippen molar-refractivity contribution >= 4 is 22.4 Å². The number of allylic oxidation sites excluding steroid dienone is 5. The Morgan fingerprint density at radius 1 is 1.27 bits per heavy atom. The predicted molar refractivity (Wildman–Crippen MR) is 139 cm³/mol. The van der Waals surface area contributed by atoms with Crippen LogP contribution in [0.2, 0.25) is 0 Å². The predicted octanol–water partition coefficient (Wildman–Crippen LogP) is 6.35. The minimum atomic E-state index is 0.346. The number of anilines is 1. The second-order valence-corrected chi connectivity index (χ2v) is 8.94. The number of aromatic nitrogens is 2. The first-order valence-electron chi connectivity index (χ1n) is 12.2. The lowest BCUT2D eigenvalue weighted by atomic mass is 10.1. The molecule has 33 heavy (non-hydrogen) atoms. The highest BCUT2D eigenvalue weighted by Crippen LogP contribution is 2.32. The molecule has 1 aliphatic rings. The van der Waals surface area contributed by atoms with Gasteiger partial charge in [0.1, 0.15) is 5.69 Å². The molecule has 174 valence electrons. The largest absolute Gasteiger partial charge is 0.370 e. The molecule has 0 spiro atoms. The zero-order valence-corrected chi connectivity index (χ0v) is 20.6. The van der Waals surface area contributed by atoms with E-state index in [0.29, 0.717) is 18.4 Å². The minimum Gasteiger partial charge on any atom is -0.370 e.